The Bertz CT molecular complexity index is 639. The summed E-state index contributed by atoms with van der Waals surface area (Å²) < 4.78 is 12.2. The number of aromatic nitrogens is 1. The summed E-state index contributed by atoms with van der Waals surface area (Å²) in [4.78, 5) is 16.4. The fourth-order valence-electron chi connectivity index (χ4n) is 1.95. The minimum Gasteiger partial charge on any atom is -0.324 e. The highest BCUT2D eigenvalue weighted by Crippen LogP contribution is 2.29. The van der Waals surface area contributed by atoms with Gasteiger partial charge in [0.05, 0.1) is 33.1 Å². The van der Waals surface area contributed by atoms with Crippen molar-refractivity contribution in [3.63, 3.8) is 0 Å². The number of hydrogen-bond acceptors (Lipinski definition) is 3. The van der Waals surface area contributed by atoms with Gasteiger partial charge in [-0.2, -0.15) is 0 Å². The normalized spacial score (nSPS) is 19.5. The zero-order chi connectivity index (χ0) is 11.8. The lowest BCUT2D eigenvalue weighted by Gasteiger charge is -2.08. The summed E-state index contributed by atoms with van der Waals surface area (Å²) in [5.74, 6) is 0.265. The van der Waals surface area contributed by atoms with Crippen molar-refractivity contribution in [1.29, 1.82) is 0 Å². The quantitative estimate of drug-likeness (QED) is 0.769. The molecule has 2 heterocycles. The molecule has 0 saturated carbocycles. The van der Waals surface area contributed by atoms with E-state index in [2.05, 4.69) is 10.3 Å². The molecule has 2 aromatic rings. The molecule has 86 valence electrons. The SMILES string of the molecule is O=C1CCS(=O)c2c(cnc3ccccc23)N1. The highest BCUT2D eigenvalue weighted by molar-refractivity contribution is 7.85. The first-order valence-corrected chi connectivity index (χ1v) is 6.63. The Kier molecular flexibility index (Phi) is 2.40. The number of carbonyl (C=O) groups excluding carboxylic acids is 1. The van der Waals surface area contributed by atoms with Crippen molar-refractivity contribution >= 4 is 33.3 Å². The van der Waals surface area contributed by atoms with E-state index in [0.717, 1.165) is 10.9 Å². The van der Waals surface area contributed by atoms with Crippen LogP contribution in [0.1, 0.15) is 6.42 Å². The number of fused-ring (bicyclic) bond motifs is 3. The minimum atomic E-state index is -1.15. The molecule has 1 aromatic heterocycles. The number of carbonyl (C=O) groups is 1. The van der Waals surface area contributed by atoms with Crippen LogP contribution in [0.4, 0.5) is 5.69 Å². The first-order chi connectivity index (χ1) is 8.25. The lowest BCUT2D eigenvalue weighted by atomic mass is 10.2. The topological polar surface area (TPSA) is 59.1 Å². The van der Waals surface area contributed by atoms with Crippen LogP contribution in [-0.4, -0.2) is 20.9 Å². The van der Waals surface area contributed by atoms with Gasteiger partial charge in [-0.1, -0.05) is 18.2 Å². The zero-order valence-corrected chi connectivity index (χ0v) is 9.79. The van der Waals surface area contributed by atoms with Crippen molar-refractivity contribution in [1.82, 2.24) is 4.98 Å². The van der Waals surface area contributed by atoms with Crippen LogP contribution in [0.15, 0.2) is 35.4 Å². The van der Waals surface area contributed by atoms with Gasteiger partial charge in [0.2, 0.25) is 5.91 Å². The van der Waals surface area contributed by atoms with Crippen molar-refractivity contribution in [3.05, 3.63) is 30.5 Å². The van der Waals surface area contributed by atoms with Crippen LogP contribution in [0.3, 0.4) is 0 Å². The third-order valence-corrected chi connectivity index (χ3v) is 4.21. The Labute approximate surface area is 101 Å². The predicted molar refractivity (Wildman–Crippen MR) is 66.3 cm³/mol. The monoisotopic (exact) mass is 246 g/mol. The molecule has 0 aliphatic carbocycles. The Morgan fingerprint density at radius 3 is 3.00 bits per heavy atom. The molecule has 1 atom stereocenters. The van der Waals surface area contributed by atoms with Gasteiger partial charge in [-0.25, -0.2) is 0 Å². The van der Waals surface area contributed by atoms with E-state index in [-0.39, 0.29) is 12.3 Å². The molecule has 1 amide bonds. The van der Waals surface area contributed by atoms with Crippen LogP contribution in [0.2, 0.25) is 0 Å². The van der Waals surface area contributed by atoms with E-state index in [0.29, 0.717) is 16.3 Å². The van der Waals surface area contributed by atoms with Gasteiger partial charge >= 0.3 is 0 Å². The number of pyridine rings is 1. The number of nitrogens with one attached hydrogen (secondary N) is 1. The molecule has 0 fully saturated rings. The highest BCUT2D eigenvalue weighted by Gasteiger charge is 2.21. The molecule has 5 heteroatoms. The second kappa shape index (κ2) is 3.92. The summed E-state index contributed by atoms with van der Waals surface area (Å²) in [6.45, 7) is 0. The summed E-state index contributed by atoms with van der Waals surface area (Å²) in [6, 6.07) is 7.53. The second-order valence-corrected chi connectivity index (χ2v) is 5.37. The average molecular weight is 246 g/mol. The van der Waals surface area contributed by atoms with Crippen LogP contribution in [0.5, 0.6) is 0 Å². The Morgan fingerprint density at radius 1 is 1.29 bits per heavy atom. The van der Waals surface area contributed by atoms with Crippen molar-refractivity contribution in [3.8, 4) is 0 Å². The predicted octanol–water partition coefficient (Wildman–Crippen LogP) is 1.68. The van der Waals surface area contributed by atoms with Crippen molar-refractivity contribution < 1.29 is 9.00 Å². The standard InChI is InChI=1S/C12H10N2O2S/c15-11-5-6-17(16)12-8-3-1-2-4-9(8)13-7-10(12)14-11/h1-4,7H,5-6H2,(H,14,15). The Morgan fingerprint density at radius 2 is 2.12 bits per heavy atom. The summed E-state index contributed by atoms with van der Waals surface area (Å²) in [7, 11) is -1.15. The molecule has 0 spiro atoms. The summed E-state index contributed by atoms with van der Waals surface area (Å²) in [5.41, 5.74) is 1.38. The van der Waals surface area contributed by atoms with Crippen LogP contribution in [-0.2, 0) is 15.6 Å². The summed E-state index contributed by atoms with van der Waals surface area (Å²) in [5, 5.41) is 3.60. The molecular weight excluding hydrogens is 236 g/mol. The number of amides is 1. The zero-order valence-electron chi connectivity index (χ0n) is 8.97. The number of hydrogen-bond donors (Lipinski definition) is 1. The highest BCUT2D eigenvalue weighted by atomic mass is 32.2. The number of rotatable bonds is 0. The molecule has 1 aliphatic rings. The molecule has 1 unspecified atom stereocenters. The number of benzene rings is 1. The fraction of sp³-hybridized carbons (Fsp3) is 0.167. The third kappa shape index (κ3) is 1.72. The number of para-hydroxylation sites is 1. The molecule has 1 aromatic carbocycles. The molecule has 1 aliphatic heterocycles. The van der Waals surface area contributed by atoms with Gasteiger partial charge in [0.25, 0.3) is 0 Å². The lowest BCUT2D eigenvalue weighted by molar-refractivity contribution is -0.115. The number of nitrogens with zero attached hydrogens (tertiary/aromatic N) is 1. The van der Waals surface area contributed by atoms with E-state index in [1.54, 1.807) is 6.20 Å². The largest absolute Gasteiger partial charge is 0.324 e. The van der Waals surface area contributed by atoms with Gasteiger partial charge in [-0.15, -0.1) is 0 Å². The van der Waals surface area contributed by atoms with Gasteiger partial charge in [-0.05, 0) is 6.07 Å². The van der Waals surface area contributed by atoms with Gasteiger partial charge in [0.1, 0.15) is 0 Å². The van der Waals surface area contributed by atoms with E-state index < -0.39 is 10.8 Å². The molecule has 3 rings (SSSR count). The Balaban J connectivity index is 2.34. The maximum absolute atomic E-state index is 12.2. The minimum absolute atomic E-state index is 0.103. The maximum Gasteiger partial charge on any atom is 0.225 e. The van der Waals surface area contributed by atoms with E-state index in [1.807, 2.05) is 24.3 Å². The smallest absolute Gasteiger partial charge is 0.225 e. The summed E-state index contributed by atoms with van der Waals surface area (Å²) >= 11 is 0. The van der Waals surface area contributed by atoms with Crippen LogP contribution in [0.25, 0.3) is 10.9 Å². The van der Waals surface area contributed by atoms with E-state index in [9.17, 15) is 9.00 Å². The maximum atomic E-state index is 12.2. The van der Waals surface area contributed by atoms with Crippen LogP contribution in [0, 0.1) is 0 Å². The Hall–Kier alpha value is -1.75. The van der Waals surface area contributed by atoms with Gasteiger partial charge in [-0.3, -0.25) is 14.0 Å². The summed E-state index contributed by atoms with van der Waals surface area (Å²) in [6.07, 6.45) is 1.87. The van der Waals surface area contributed by atoms with E-state index in [1.165, 1.54) is 0 Å². The second-order valence-electron chi connectivity index (χ2n) is 3.87. The molecule has 0 radical (unpaired) electrons. The van der Waals surface area contributed by atoms with Gasteiger partial charge < -0.3 is 5.32 Å². The molecule has 0 saturated heterocycles. The van der Waals surface area contributed by atoms with Crippen LogP contribution >= 0.6 is 0 Å². The van der Waals surface area contributed by atoms with E-state index >= 15 is 0 Å². The first kappa shape index (κ1) is 10.4. The fourth-order valence-corrected chi connectivity index (χ4v) is 3.29. The van der Waals surface area contributed by atoms with Gasteiger partial charge in [0, 0.05) is 17.6 Å². The molecule has 17 heavy (non-hydrogen) atoms. The van der Waals surface area contributed by atoms with Crippen molar-refractivity contribution in [2.75, 3.05) is 11.1 Å². The van der Waals surface area contributed by atoms with Crippen molar-refractivity contribution in [2.24, 2.45) is 0 Å². The molecule has 4 nitrogen and oxygen atoms in total. The lowest BCUT2D eigenvalue weighted by Crippen LogP contribution is -2.10. The average Bonchev–Trinajstić information content (AvgIpc) is 2.49. The first-order valence-electron chi connectivity index (χ1n) is 5.31. The molecule has 0 bridgehead atoms. The van der Waals surface area contributed by atoms with Gasteiger partial charge in [0.15, 0.2) is 0 Å². The number of anilines is 1. The molecular formula is C12H10N2O2S. The van der Waals surface area contributed by atoms with Crippen LogP contribution < -0.4 is 5.32 Å². The third-order valence-electron chi connectivity index (χ3n) is 2.74. The molecule has 1 N–H and O–H groups in total. The van der Waals surface area contributed by atoms with Crippen molar-refractivity contribution in [2.45, 2.75) is 11.3 Å². The van der Waals surface area contributed by atoms with E-state index in [4.69, 9.17) is 0 Å².